The lowest BCUT2D eigenvalue weighted by molar-refractivity contribution is 0.0697. The predicted molar refractivity (Wildman–Crippen MR) is 73.0 cm³/mol. The van der Waals surface area contributed by atoms with Gasteiger partial charge in [-0.15, -0.1) is 0 Å². The van der Waals surface area contributed by atoms with E-state index >= 15 is 0 Å². The van der Waals surface area contributed by atoms with Gasteiger partial charge in [0, 0.05) is 6.04 Å². The van der Waals surface area contributed by atoms with Crippen molar-refractivity contribution in [2.75, 3.05) is 11.1 Å². The monoisotopic (exact) mass is 258 g/mol. The van der Waals surface area contributed by atoms with Crippen LogP contribution < -0.4 is 11.1 Å². The van der Waals surface area contributed by atoms with E-state index in [2.05, 4.69) is 5.32 Å². The Morgan fingerprint density at radius 1 is 1.26 bits per heavy atom. The number of aromatic carboxylic acids is 1. The van der Waals surface area contributed by atoms with E-state index < -0.39 is 5.97 Å². The summed E-state index contributed by atoms with van der Waals surface area (Å²) < 4.78 is 0. The van der Waals surface area contributed by atoms with E-state index in [4.69, 9.17) is 10.8 Å². The van der Waals surface area contributed by atoms with Crippen LogP contribution in [0.3, 0.4) is 0 Å². The zero-order chi connectivity index (χ0) is 13.1. The number of carboxylic acids is 1. The van der Waals surface area contributed by atoms with Crippen LogP contribution in [0.25, 0.3) is 0 Å². The number of nitrogens with one attached hydrogen (secondary N) is 1. The number of carboxylic acid groups (broad SMARTS) is 1. The van der Waals surface area contributed by atoms with E-state index in [1.807, 2.05) is 0 Å². The van der Waals surface area contributed by atoms with Gasteiger partial charge in [0.15, 0.2) is 0 Å². The van der Waals surface area contributed by atoms with Gasteiger partial charge in [-0.2, -0.15) is 0 Å². The quantitative estimate of drug-likeness (QED) is 0.728. The molecule has 100 valence electrons. The molecule has 3 aliphatic carbocycles. The first-order valence-corrected chi connectivity index (χ1v) is 7.04. The molecule has 0 spiro atoms. The fourth-order valence-corrected chi connectivity index (χ4v) is 4.51. The largest absolute Gasteiger partial charge is 0.478 e. The highest BCUT2D eigenvalue weighted by Gasteiger charge is 2.65. The van der Waals surface area contributed by atoms with Gasteiger partial charge in [-0.25, -0.2) is 4.79 Å². The van der Waals surface area contributed by atoms with Crippen LogP contribution in [0.5, 0.6) is 0 Å². The van der Waals surface area contributed by atoms with Gasteiger partial charge in [-0.1, -0.05) is 0 Å². The Balaban J connectivity index is 1.55. The highest BCUT2D eigenvalue weighted by molar-refractivity contribution is 5.90. The van der Waals surface area contributed by atoms with Gasteiger partial charge in [0.25, 0.3) is 0 Å². The van der Waals surface area contributed by atoms with E-state index in [0.717, 1.165) is 29.4 Å². The fraction of sp³-hybridized carbons (Fsp3) is 0.533. The van der Waals surface area contributed by atoms with Crippen LogP contribution in [0.15, 0.2) is 18.2 Å². The summed E-state index contributed by atoms with van der Waals surface area (Å²) in [5.41, 5.74) is 7.67. The van der Waals surface area contributed by atoms with Gasteiger partial charge in [0.1, 0.15) is 0 Å². The number of fused-ring (bicyclic) bond motifs is 5. The molecular weight excluding hydrogens is 240 g/mol. The molecule has 4 atom stereocenters. The Morgan fingerprint density at radius 2 is 1.95 bits per heavy atom. The van der Waals surface area contributed by atoms with Crippen LogP contribution >= 0.6 is 0 Å². The Labute approximate surface area is 112 Å². The normalized spacial score (nSPS) is 38.0. The number of nitrogens with two attached hydrogens (primary N) is 1. The molecule has 1 aromatic carbocycles. The van der Waals surface area contributed by atoms with Crippen molar-refractivity contribution in [3.63, 3.8) is 0 Å². The van der Waals surface area contributed by atoms with Crippen molar-refractivity contribution < 1.29 is 9.90 Å². The molecule has 0 heterocycles. The van der Waals surface area contributed by atoms with Gasteiger partial charge in [-0.05, 0) is 61.1 Å². The fourth-order valence-electron chi connectivity index (χ4n) is 4.51. The van der Waals surface area contributed by atoms with E-state index in [9.17, 15) is 4.79 Å². The molecule has 0 amide bonds. The third-order valence-electron chi connectivity index (χ3n) is 5.36. The number of carbonyl (C=O) groups is 1. The van der Waals surface area contributed by atoms with Crippen molar-refractivity contribution in [3.8, 4) is 0 Å². The minimum atomic E-state index is -0.904. The minimum absolute atomic E-state index is 0.297. The molecule has 3 fully saturated rings. The summed E-state index contributed by atoms with van der Waals surface area (Å²) in [5.74, 6) is 2.52. The van der Waals surface area contributed by atoms with Gasteiger partial charge in [-0.3, -0.25) is 0 Å². The van der Waals surface area contributed by atoms with Gasteiger partial charge >= 0.3 is 5.97 Å². The average Bonchev–Trinajstić information content (AvgIpc) is 2.79. The smallest absolute Gasteiger partial charge is 0.335 e. The average molecular weight is 258 g/mol. The van der Waals surface area contributed by atoms with Crippen molar-refractivity contribution in [1.82, 2.24) is 0 Å². The van der Waals surface area contributed by atoms with Crippen LogP contribution in [-0.4, -0.2) is 17.1 Å². The zero-order valence-corrected chi connectivity index (χ0v) is 10.7. The predicted octanol–water partition coefficient (Wildman–Crippen LogP) is 2.42. The van der Waals surface area contributed by atoms with Crippen molar-refractivity contribution in [1.29, 1.82) is 0 Å². The van der Waals surface area contributed by atoms with E-state index in [0.29, 0.717) is 17.3 Å². The maximum atomic E-state index is 11.0. The number of nitrogen functional groups attached to an aromatic ring is 1. The molecule has 3 aliphatic rings. The number of benzene rings is 1. The first-order valence-electron chi connectivity index (χ1n) is 7.04. The molecule has 4 rings (SSSR count). The molecular formula is C15H18N2O2. The summed E-state index contributed by atoms with van der Waals surface area (Å²) in [6, 6.07) is 5.42. The number of hydrogen-bond donors (Lipinski definition) is 3. The highest BCUT2D eigenvalue weighted by Crippen LogP contribution is 2.66. The number of anilines is 2. The topological polar surface area (TPSA) is 75.4 Å². The maximum Gasteiger partial charge on any atom is 0.335 e. The number of rotatable bonds is 3. The van der Waals surface area contributed by atoms with Crippen LogP contribution in [0.1, 0.15) is 29.6 Å². The molecule has 4 nitrogen and oxygen atoms in total. The molecule has 1 aromatic rings. The SMILES string of the molecule is Nc1ccc(C(=O)O)cc1NC1C2C3CCC(C3)C12. The van der Waals surface area contributed by atoms with Crippen molar-refractivity contribution >= 4 is 17.3 Å². The van der Waals surface area contributed by atoms with Crippen LogP contribution in [0, 0.1) is 23.7 Å². The van der Waals surface area contributed by atoms with Crippen molar-refractivity contribution in [3.05, 3.63) is 23.8 Å². The van der Waals surface area contributed by atoms with Crippen molar-refractivity contribution in [2.24, 2.45) is 23.7 Å². The lowest BCUT2D eigenvalue weighted by atomic mass is 10.0. The molecule has 0 saturated heterocycles. The summed E-state index contributed by atoms with van der Waals surface area (Å²) in [7, 11) is 0. The lowest BCUT2D eigenvalue weighted by Crippen LogP contribution is -2.14. The van der Waals surface area contributed by atoms with E-state index in [1.165, 1.54) is 19.3 Å². The summed E-state index contributed by atoms with van der Waals surface area (Å²) in [4.78, 5) is 11.0. The van der Waals surface area contributed by atoms with Crippen molar-refractivity contribution in [2.45, 2.75) is 25.3 Å². The second-order valence-electron chi connectivity index (χ2n) is 6.27. The highest BCUT2D eigenvalue weighted by atomic mass is 16.4. The molecule has 0 radical (unpaired) electrons. The Morgan fingerprint density at radius 3 is 2.58 bits per heavy atom. The van der Waals surface area contributed by atoms with Crippen LogP contribution in [0.2, 0.25) is 0 Å². The standard InChI is InChI=1S/C15H18N2O2/c16-10-4-3-9(15(18)19)6-11(10)17-14-12-7-1-2-8(5-7)13(12)14/h3-4,6-8,12-14,17H,1-2,5,16H2,(H,18,19). The number of hydrogen-bond acceptors (Lipinski definition) is 3. The van der Waals surface area contributed by atoms with Gasteiger partial charge < -0.3 is 16.2 Å². The summed E-state index contributed by atoms with van der Waals surface area (Å²) in [5, 5.41) is 12.5. The Kier molecular flexibility index (Phi) is 2.14. The third kappa shape index (κ3) is 1.55. The Hall–Kier alpha value is -1.71. The second-order valence-corrected chi connectivity index (χ2v) is 6.27. The first-order chi connectivity index (χ1) is 9.15. The molecule has 0 aliphatic heterocycles. The van der Waals surface area contributed by atoms with Gasteiger partial charge in [0.2, 0.25) is 0 Å². The molecule has 4 N–H and O–H groups in total. The first kappa shape index (κ1) is 11.1. The summed E-state index contributed by atoms with van der Waals surface area (Å²) in [6.07, 6.45) is 4.18. The maximum absolute atomic E-state index is 11.0. The second kappa shape index (κ2) is 3.65. The Bertz CT molecular complexity index is 541. The molecule has 19 heavy (non-hydrogen) atoms. The molecule has 4 heteroatoms. The molecule has 0 aromatic heterocycles. The summed E-state index contributed by atoms with van der Waals surface area (Å²) >= 11 is 0. The summed E-state index contributed by atoms with van der Waals surface area (Å²) in [6.45, 7) is 0. The lowest BCUT2D eigenvalue weighted by Gasteiger charge is -2.14. The van der Waals surface area contributed by atoms with E-state index in [1.54, 1.807) is 18.2 Å². The third-order valence-corrected chi connectivity index (χ3v) is 5.36. The molecule has 4 unspecified atom stereocenters. The van der Waals surface area contributed by atoms with E-state index in [-0.39, 0.29) is 0 Å². The van der Waals surface area contributed by atoms with Crippen LogP contribution in [0.4, 0.5) is 11.4 Å². The van der Waals surface area contributed by atoms with Crippen LogP contribution in [-0.2, 0) is 0 Å². The minimum Gasteiger partial charge on any atom is -0.478 e. The van der Waals surface area contributed by atoms with Gasteiger partial charge in [0.05, 0.1) is 16.9 Å². The molecule has 3 saturated carbocycles. The zero-order valence-electron chi connectivity index (χ0n) is 10.7. The molecule has 2 bridgehead atoms.